The normalized spacial score (nSPS) is 13.9. The minimum Gasteiger partial charge on any atom is -0.459 e. The second-order valence-corrected chi connectivity index (χ2v) is 12.5. The highest BCUT2D eigenvalue weighted by Gasteiger charge is 2.51. The lowest BCUT2D eigenvalue weighted by Gasteiger charge is -2.20. The third kappa shape index (κ3) is 6.49. The third-order valence-corrected chi connectivity index (χ3v) is 7.91. The molecule has 0 aliphatic heterocycles. The van der Waals surface area contributed by atoms with E-state index in [0.29, 0.717) is 46.3 Å². The van der Waals surface area contributed by atoms with Crippen LogP contribution in [0.2, 0.25) is 0 Å². The fraction of sp³-hybridized carbons (Fsp3) is 0.333. The van der Waals surface area contributed by atoms with Crippen molar-refractivity contribution in [2.45, 2.75) is 65.9 Å². The summed E-state index contributed by atoms with van der Waals surface area (Å²) in [7, 11) is 0. The molecule has 1 heterocycles. The lowest BCUT2D eigenvalue weighted by molar-refractivity contribution is -0.154. The van der Waals surface area contributed by atoms with E-state index in [9.17, 15) is 23.6 Å². The molecule has 0 spiro atoms. The van der Waals surface area contributed by atoms with E-state index in [1.807, 2.05) is 31.2 Å². The molecule has 4 aromatic rings. The number of esters is 1. The van der Waals surface area contributed by atoms with Crippen molar-refractivity contribution in [3.8, 4) is 22.5 Å². The Bertz CT molecular complexity index is 1770. The number of nitrogens with one attached hydrogen (secondary N) is 1. The van der Waals surface area contributed by atoms with Crippen LogP contribution >= 0.6 is 0 Å². The van der Waals surface area contributed by atoms with Gasteiger partial charge in [0.2, 0.25) is 5.91 Å². The van der Waals surface area contributed by atoms with Crippen molar-refractivity contribution in [2.24, 2.45) is 5.41 Å². The Morgan fingerprint density at radius 3 is 2.25 bits per heavy atom. The summed E-state index contributed by atoms with van der Waals surface area (Å²) in [6.45, 7) is 8.74. The minimum atomic E-state index is -0.827. The van der Waals surface area contributed by atoms with Crippen LogP contribution in [-0.4, -0.2) is 35.6 Å². The zero-order chi connectivity index (χ0) is 31.8. The monoisotopic (exact) mass is 597 g/mol. The number of ketones is 2. The van der Waals surface area contributed by atoms with E-state index >= 15 is 0 Å². The van der Waals surface area contributed by atoms with Crippen LogP contribution in [0.4, 0.5) is 4.39 Å². The molecule has 8 heteroatoms. The maximum absolute atomic E-state index is 13.6. The maximum Gasteiger partial charge on any atom is 0.325 e. The first kappa shape index (κ1) is 30.9. The van der Waals surface area contributed by atoms with Gasteiger partial charge in [-0.3, -0.25) is 19.2 Å². The molecule has 0 radical (unpaired) electrons. The largest absolute Gasteiger partial charge is 0.459 e. The van der Waals surface area contributed by atoms with Gasteiger partial charge < -0.3 is 14.5 Å². The van der Waals surface area contributed by atoms with Crippen molar-refractivity contribution >= 4 is 34.4 Å². The highest BCUT2D eigenvalue weighted by molar-refractivity contribution is 6.13. The van der Waals surface area contributed by atoms with Gasteiger partial charge in [0.05, 0.1) is 11.0 Å². The van der Waals surface area contributed by atoms with Gasteiger partial charge in [0, 0.05) is 29.4 Å². The maximum atomic E-state index is 13.6. The first-order valence-corrected chi connectivity index (χ1v) is 14.8. The Kier molecular flexibility index (Phi) is 8.30. The van der Waals surface area contributed by atoms with Gasteiger partial charge in [0.1, 0.15) is 29.3 Å². The fourth-order valence-corrected chi connectivity index (χ4v) is 5.39. The standard InChI is InChI=1S/C36H36FNO6/c1-6-28(39)32-27-17-23(11-14-30(27)43-33(32)22-9-12-25(37)13-10-22)26-18-24(8-7-21(26)2)29(40)19-36(15-16-36)34(42)38-20-31(41)44-35(3,4)5/h7-14,17-18H,6,15-16,19-20H2,1-5H3,(H,38,42). The molecule has 1 aliphatic rings. The lowest BCUT2D eigenvalue weighted by Crippen LogP contribution is -2.39. The van der Waals surface area contributed by atoms with Crippen molar-refractivity contribution in [2.75, 3.05) is 6.54 Å². The molecule has 1 N–H and O–H groups in total. The molecule has 1 saturated carbocycles. The fourth-order valence-electron chi connectivity index (χ4n) is 5.39. The molecule has 7 nitrogen and oxygen atoms in total. The Hall–Kier alpha value is -4.59. The van der Waals surface area contributed by atoms with Gasteiger partial charge in [-0.15, -0.1) is 0 Å². The van der Waals surface area contributed by atoms with Crippen LogP contribution < -0.4 is 5.32 Å². The number of carbonyl (C=O) groups excluding carboxylic acids is 4. The summed E-state index contributed by atoms with van der Waals surface area (Å²) in [6.07, 6.45) is 1.44. The smallest absolute Gasteiger partial charge is 0.325 e. The summed E-state index contributed by atoms with van der Waals surface area (Å²) >= 11 is 0. The average molecular weight is 598 g/mol. The van der Waals surface area contributed by atoms with Gasteiger partial charge in [0.25, 0.3) is 0 Å². The Morgan fingerprint density at radius 2 is 1.61 bits per heavy atom. The van der Waals surface area contributed by atoms with E-state index in [4.69, 9.17) is 9.15 Å². The van der Waals surface area contributed by atoms with Crippen LogP contribution in [0.15, 0.2) is 65.1 Å². The van der Waals surface area contributed by atoms with Crippen molar-refractivity contribution in [1.29, 1.82) is 0 Å². The number of benzene rings is 3. The van der Waals surface area contributed by atoms with Crippen LogP contribution in [0.3, 0.4) is 0 Å². The summed E-state index contributed by atoms with van der Waals surface area (Å²) in [4.78, 5) is 51.6. The lowest BCUT2D eigenvalue weighted by atomic mass is 9.91. The molecule has 0 bridgehead atoms. The molecule has 44 heavy (non-hydrogen) atoms. The van der Waals surface area contributed by atoms with Crippen LogP contribution in [0, 0.1) is 18.2 Å². The van der Waals surface area contributed by atoms with E-state index in [1.54, 1.807) is 52.0 Å². The van der Waals surface area contributed by atoms with Crippen molar-refractivity contribution in [3.63, 3.8) is 0 Å². The summed E-state index contributed by atoms with van der Waals surface area (Å²) in [5.41, 5.74) is 3.12. The first-order valence-electron chi connectivity index (χ1n) is 14.8. The van der Waals surface area contributed by atoms with Gasteiger partial charge in [-0.1, -0.05) is 25.1 Å². The van der Waals surface area contributed by atoms with Gasteiger partial charge >= 0.3 is 5.97 Å². The van der Waals surface area contributed by atoms with Crippen LogP contribution in [0.1, 0.15) is 79.7 Å². The number of hydrogen-bond donors (Lipinski definition) is 1. The Labute approximate surface area is 255 Å². The van der Waals surface area contributed by atoms with Gasteiger partial charge in [-0.05, 0) is 99.7 Å². The first-order chi connectivity index (χ1) is 20.8. The van der Waals surface area contributed by atoms with Crippen molar-refractivity contribution in [1.82, 2.24) is 5.32 Å². The molecule has 1 fully saturated rings. The predicted molar refractivity (Wildman–Crippen MR) is 166 cm³/mol. The number of hydrogen-bond acceptors (Lipinski definition) is 6. The average Bonchev–Trinajstić information content (AvgIpc) is 3.66. The minimum absolute atomic E-state index is 0.0343. The summed E-state index contributed by atoms with van der Waals surface area (Å²) in [6, 6.07) is 16.8. The zero-order valence-electron chi connectivity index (χ0n) is 25.6. The Balaban J connectivity index is 1.40. The molecule has 0 unspecified atom stereocenters. The van der Waals surface area contributed by atoms with Gasteiger partial charge in [-0.25, -0.2) is 4.39 Å². The molecule has 0 atom stereocenters. The zero-order valence-corrected chi connectivity index (χ0v) is 25.6. The highest BCUT2D eigenvalue weighted by atomic mass is 19.1. The third-order valence-electron chi connectivity index (χ3n) is 7.91. The van der Waals surface area contributed by atoms with Crippen LogP contribution in [0.5, 0.6) is 0 Å². The second-order valence-electron chi connectivity index (χ2n) is 12.5. The van der Waals surface area contributed by atoms with Gasteiger partial charge in [-0.2, -0.15) is 0 Å². The number of aryl methyl sites for hydroxylation is 1. The van der Waals surface area contributed by atoms with Gasteiger partial charge in [0.15, 0.2) is 11.6 Å². The number of ether oxygens (including phenoxy) is 1. The quantitative estimate of drug-likeness (QED) is 0.149. The number of Topliss-reactive ketones (excluding diaryl/α,β-unsaturated/α-hetero) is 2. The molecule has 1 aromatic heterocycles. The molecule has 228 valence electrons. The number of carbonyl (C=O) groups is 4. The Morgan fingerprint density at radius 1 is 0.932 bits per heavy atom. The summed E-state index contributed by atoms with van der Waals surface area (Å²) < 4.78 is 25.0. The molecule has 5 rings (SSSR count). The number of rotatable bonds is 10. The second kappa shape index (κ2) is 11.8. The number of fused-ring (bicyclic) bond motifs is 1. The van der Waals surface area contributed by atoms with Crippen LogP contribution in [-0.2, 0) is 14.3 Å². The van der Waals surface area contributed by atoms with Crippen molar-refractivity contribution in [3.05, 3.63) is 83.2 Å². The van der Waals surface area contributed by atoms with Crippen LogP contribution in [0.25, 0.3) is 33.4 Å². The van der Waals surface area contributed by atoms with E-state index < -0.39 is 17.0 Å². The molecule has 1 amide bonds. The predicted octanol–water partition coefficient (Wildman–Crippen LogP) is 7.62. The van der Waals surface area contributed by atoms with E-state index in [-0.39, 0.29) is 42.7 Å². The van der Waals surface area contributed by atoms with E-state index in [1.165, 1.54) is 12.1 Å². The van der Waals surface area contributed by atoms with E-state index in [2.05, 4.69) is 5.32 Å². The summed E-state index contributed by atoms with van der Waals surface area (Å²) in [5, 5.41) is 3.28. The summed E-state index contributed by atoms with van der Waals surface area (Å²) in [5.74, 6) is -1.10. The van der Waals surface area contributed by atoms with E-state index in [0.717, 1.165) is 16.7 Å². The molecule has 3 aromatic carbocycles. The molecule has 0 saturated heterocycles. The highest BCUT2D eigenvalue weighted by Crippen LogP contribution is 2.50. The molecule has 1 aliphatic carbocycles. The molecular formula is C36H36FNO6. The number of halogens is 1. The SMILES string of the molecule is CCC(=O)c1c(-c2ccc(F)cc2)oc2ccc(-c3cc(C(=O)CC4(C(=O)NCC(=O)OC(C)(C)C)CC4)ccc3C)cc12. The molecular weight excluding hydrogens is 561 g/mol. The topological polar surface area (TPSA) is 103 Å². The van der Waals surface area contributed by atoms with Crippen molar-refractivity contribution < 1.29 is 32.7 Å². The number of amides is 1. The number of furan rings is 1.